The standard InChI is InChI=1S/C33H39N5OS/c1-21-10-7-11-22(2)31(21)28-18-30-37-32(36-28)38-40-26-14-8-12-23(16-26)27(24(20-39-30)19-33(3,4)5)17-25-13-9-15-29(34-6)35-25/h7-16,18,24,27H,17,19-20H2,1-6H3,(H,34,35)(H,36,37,38). The minimum absolute atomic E-state index is 0.123. The number of hydrogen-bond donors (Lipinski definition) is 2. The van der Waals surface area contributed by atoms with Crippen molar-refractivity contribution in [2.24, 2.45) is 11.3 Å². The molecule has 4 bridgehead atoms. The number of anilines is 2. The van der Waals surface area contributed by atoms with Gasteiger partial charge >= 0.3 is 0 Å². The molecule has 1 aliphatic heterocycles. The quantitative estimate of drug-likeness (QED) is 0.242. The average molecular weight is 554 g/mol. The fourth-order valence-corrected chi connectivity index (χ4v) is 6.26. The number of ether oxygens (including phenoxy) is 1. The normalized spacial score (nSPS) is 17.1. The first-order chi connectivity index (χ1) is 19.2. The molecule has 0 spiro atoms. The van der Waals surface area contributed by atoms with Crippen molar-refractivity contribution in [2.45, 2.75) is 58.3 Å². The van der Waals surface area contributed by atoms with Crippen LogP contribution in [0.4, 0.5) is 11.8 Å². The van der Waals surface area contributed by atoms with Crippen molar-refractivity contribution in [1.82, 2.24) is 15.0 Å². The molecule has 1 aliphatic rings. The van der Waals surface area contributed by atoms with Gasteiger partial charge < -0.3 is 10.1 Å². The number of nitrogens with zero attached hydrogens (tertiary/aromatic N) is 3. The summed E-state index contributed by atoms with van der Waals surface area (Å²) in [6.07, 6.45) is 1.82. The number of benzene rings is 2. The first kappa shape index (κ1) is 28.0. The highest BCUT2D eigenvalue weighted by atomic mass is 32.2. The first-order valence-electron chi connectivity index (χ1n) is 13.9. The lowest BCUT2D eigenvalue weighted by atomic mass is 9.74. The predicted octanol–water partition coefficient (Wildman–Crippen LogP) is 8.09. The van der Waals surface area contributed by atoms with Gasteiger partial charge in [-0.2, -0.15) is 4.98 Å². The second kappa shape index (κ2) is 11.9. The van der Waals surface area contributed by atoms with Gasteiger partial charge in [0.05, 0.1) is 12.3 Å². The Hall–Kier alpha value is -3.58. The van der Waals surface area contributed by atoms with Crippen molar-refractivity contribution in [1.29, 1.82) is 0 Å². The lowest BCUT2D eigenvalue weighted by molar-refractivity contribution is 0.166. The van der Waals surface area contributed by atoms with Gasteiger partial charge in [-0.15, -0.1) is 0 Å². The van der Waals surface area contributed by atoms with Crippen molar-refractivity contribution in [3.63, 3.8) is 0 Å². The van der Waals surface area contributed by atoms with Crippen LogP contribution in [0.1, 0.15) is 55.5 Å². The first-order valence-corrected chi connectivity index (χ1v) is 14.7. The molecule has 2 unspecified atom stereocenters. The van der Waals surface area contributed by atoms with Gasteiger partial charge in [-0.3, -0.25) is 4.72 Å². The van der Waals surface area contributed by atoms with Gasteiger partial charge in [0.2, 0.25) is 11.8 Å². The zero-order valence-electron chi connectivity index (χ0n) is 24.3. The van der Waals surface area contributed by atoms with E-state index in [2.05, 4.69) is 99.3 Å². The zero-order valence-corrected chi connectivity index (χ0v) is 25.1. The van der Waals surface area contributed by atoms with E-state index in [9.17, 15) is 0 Å². The third kappa shape index (κ3) is 6.76. The summed E-state index contributed by atoms with van der Waals surface area (Å²) >= 11 is 1.53. The highest BCUT2D eigenvalue weighted by molar-refractivity contribution is 8.00. The van der Waals surface area contributed by atoms with Crippen LogP contribution in [0, 0.1) is 25.2 Å². The number of nitrogens with one attached hydrogen (secondary N) is 2. The largest absolute Gasteiger partial charge is 0.477 e. The maximum atomic E-state index is 6.57. The Labute approximate surface area is 242 Å². The molecule has 0 amide bonds. The molecular formula is C33H39N5OS. The summed E-state index contributed by atoms with van der Waals surface area (Å²) in [5.41, 5.74) is 6.84. The van der Waals surface area contributed by atoms with Gasteiger partial charge in [-0.1, -0.05) is 57.2 Å². The van der Waals surface area contributed by atoms with Gasteiger partial charge in [-0.25, -0.2) is 9.97 Å². The van der Waals surface area contributed by atoms with E-state index in [4.69, 9.17) is 19.7 Å². The second-order valence-electron chi connectivity index (χ2n) is 11.9. The van der Waals surface area contributed by atoms with E-state index < -0.39 is 0 Å². The fraction of sp³-hybridized carbons (Fsp3) is 0.364. The minimum Gasteiger partial charge on any atom is -0.477 e. The van der Waals surface area contributed by atoms with E-state index >= 15 is 0 Å². The number of aromatic nitrogens is 3. The van der Waals surface area contributed by atoms with Crippen molar-refractivity contribution in [2.75, 3.05) is 23.7 Å². The number of aryl methyl sites for hydroxylation is 2. The third-order valence-corrected chi connectivity index (χ3v) is 8.14. The molecule has 0 aliphatic carbocycles. The molecule has 0 radical (unpaired) electrons. The van der Waals surface area contributed by atoms with Crippen LogP contribution in [0.5, 0.6) is 5.88 Å². The molecule has 4 aromatic rings. The van der Waals surface area contributed by atoms with E-state index in [1.165, 1.54) is 28.6 Å². The smallest absolute Gasteiger partial charge is 0.237 e. The molecule has 0 saturated carbocycles. The van der Waals surface area contributed by atoms with Crippen molar-refractivity contribution < 1.29 is 4.74 Å². The van der Waals surface area contributed by atoms with E-state index in [0.717, 1.165) is 40.5 Å². The molecule has 40 heavy (non-hydrogen) atoms. The van der Waals surface area contributed by atoms with Crippen LogP contribution in [0.3, 0.4) is 0 Å². The summed E-state index contributed by atoms with van der Waals surface area (Å²) < 4.78 is 9.95. The van der Waals surface area contributed by atoms with Gasteiger partial charge in [0.15, 0.2) is 0 Å². The summed E-state index contributed by atoms with van der Waals surface area (Å²) in [5.74, 6) is 2.49. The Bertz CT molecular complexity index is 1460. The van der Waals surface area contributed by atoms with E-state index in [1.54, 1.807) is 0 Å². The van der Waals surface area contributed by atoms with E-state index in [0.29, 0.717) is 18.4 Å². The predicted molar refractivity (Wildman–Crippen MR) is 166 cm³/mol. The zero-order chi connectivity index (χ0) is 28.3. The third-order valence-electron chi connectivity index (χ3n) is 7.37. The molecule has 0 saturated heterocycles. The number of pyridine rings is 1. The Morgan fingerprint density at radius 3 is 2.45 bits per heavy atom. The second-order valence-corrected chi connectivity index (χ2v) is 12.7. The number of hydrogen-bond acceptors (Lipinski definition) is 7. The van der Waals surface area contributed by atoms with Crippen LogP contribution >= 0.6 is 11.9 Å². The van der Waals surface area contributed by atoms with Crippen molar-refractivity contribution >= 4 is 23.7 Å². The SMILES string of the molecule is CNc1cccc(CC2c3cccc(c3)SNc3nc(cc(-c4c(C)cccc4C)n3)OCC2CC(C)(C)C)n1. The molecule has 0 fully saturated rings. The van der Waals surface area contributed by atoms with Crippen LogP contribution < -0.4 is 14.8 Å². The van der Waals surface area contributed by atoms with Gasteiger partial charge in [-0.05, 0) is 90.9 Å². The topological polar surface area (TPSA) is 72.0 Å². The Morgan fingerprint density at radius 2 is 1.70 bits per heavy atom. The molecule has 6 nitrogen and oxygen atoms in total. The van der Waals surface area contributed by atoms with Crippen LogP contribution in [0.25, 0.3) is 11.3 Å². The highest BCUT2D eigenvalue weighted by Crippen LogP contribution is 2.39. The van der Waals surface area contributed by atoms with Gasteiger partial charge in [0.25, 0.3) is 0 Å². The summed E-state index contributed by atoms with van der Waals surface area (Å²) in [4.78, 5) is 15.7. The summed E-state index contributed by atoms with van der Waals surface area (Å²) in [5, 5.41) is 3.18. The Kier molecular flexibility index (Phi) is 8.31. The Morgan fingerprint density at radius 1 is 0.950 bits per heavy atom. The number of fused-ring (bicyclic) bond motifs is 4. The van der Waals surface area contributed by atoms with Crippen LogP contribution in [-0.4, -0.2) is 28.6 Å². The van der Waals surface area contributed by atoms with Crippen LogP contribution in [-0.2, 0) is 6.42 Å². The molecule has 2 aromatic heterocycles. The van der Waals surface area contributed by atoms with Crippen molar-refractivity contribution in [3.8, 4) is 17.1 Å². The molecule has 5 rings (SSSR count). The molecule has 3 heterocycles. The molecule has 2 atom stereocenters. The molecule has 2 aromatic carbocycles. The fourth-order valence-electron chi connectivity index (χ4n) is 5.62. The molecular weight excluding hydrogens is 514 g/mol. The van der Waals surface area contributed by atoms with E-state index in [1.807, 2.05) is 19.2 Å². The summed E-state index contributed by atoms with van der Waals surface area (Å²) in [7, 11) is 1.91. The van der Waals surface area contributed by atoms with E-state index in [-0.39, 0.29) is 17.3 Å². The molecule has 208 valence electrons. The molecule has 7 heteroatoms. The van der Waals surface area contributed by atoms with Gasteiger partial charge in [0, 0.05) is 35.2 Å². The maximum Gasteiger partial charge on any atom is 0.237 e. The minimum atomic E-state index is 0.123. The number of rotatable bonds is 5. The highest BCUT2D eigenvalue weighted by Gasteiger charge is 2.30. The summed E-state index contributed by atoms with van der Waals surface area (Å²) in [6, 6.07) is 23.3. The lowest BCUT2D eigenvalue weighted by Gasteiger charge is -2.33. The monoisotopic (exact) mass is 553 g/mol. The van der Waals surface area contributed by atoms with Crippen LogP contribution in [0.15, 0.2) is 71.6 Å². The van der Waals surface area contributed by atoms with Gasteiger partial charge in [0.1, 0.15) is 5.82 Å². The lowest BCUT2D eigenvalue weighted by Crippen LogP contribution is -2.27. The van der Waals surface area contributed by atoms with Crippen LogP contribution in [0.2, 0.25) is 0 Å². The summed E-state index contributed by atoms with van der Waals surface area (Å²) in [6.45, 7) is 11.7. The van der Waals surface area contributed by atoms with Crippen molar-refractivity contribution in [3.05, 3.63) is 89.1 Å². The molecule has 2 N–H and O–H groups in total. The average Bonchev–Trinajstić information content (AvgIpc) is 2.92. The maximum absolute atomic E-state index is 6.57. The Balaban J connectivity index is 1.58.